The monoisotopic (exact) mass is 589 g/mol. The van der Waals surface area contributed by atoms with Gasteiger partial charge in [-0.25, -0.2) is 17.2 Å². The fourth-order valence-corrected chi connectivity index (χ4v) is 7.67. The Kier molecular flexibility index (Phi) is 8.74. The van der Waals surface area contributed by atoms with Crippen LogP contribution in [-0.4, -0.2) is 92.7 Å². The van der Waals surface area contributed by atoms with Crippen LogP contribution in [0, 0.1) is 11.6 Å². The Labute approximate surface area is 239 Å². The number of piperazine rings is 1. The van der Waals surface area contributed by atoms with Crippen LogP contribution in [0.5, 0.6) is 0 Å². The molecule has 3 atom stereocenters. The summed E-state index contributed by atoms with van der Waals surface area (Å²) >= 11 is 0. The molecule has 2 aliphatic heterocycles. The van der Waals surface area contributed by atoms with Crippen LogP contribution in [0.1, 0.15) is 53.1 Å². The molecule has 0 unspecified atom stereocenters. The van der Waals surface area contributed by atoms with Crippen molar-refractivity contribution in [1.29, 1.82) is 0 Å². The summed E-state index contributed by atoms with van der Waals surface area (Å²) in [5.41, 5.74) is 8.06. The number of aryl methyl sites for hydroxylation is 1. The molecule has 0 aromatic heterocycles. The SMILES string of the molecule is CN1CCN(S(=O)(=O)c2cccc(C(=O)NC[C@@H]3CCCN3C(=O)C[C@H](N)[C@H]3CCc4cc(F)c(F)cc43)c2)CC1. The van der Waals surface area contributed by atoms with Crippen LogP contribution in [0.25, 0.3) is 0 Å². The van der Waals surface area contributed by atoms with Crippen molar-refractivity contribution < 1.29 is 26.8 Å². The Morgan fingerprint density at radius 1 is 1.05 bits per heavy atom. The molecule has 0 radical (unpaired) electrons. The minimum absolute atomic E-state index is 0.0692. The van der Waals surface area contributed by atoms with Crippen molar-refractivity contribution in [3.63, 3.8) is 0 Å². The maximum atomic E-state index is 13.9. The second-order valence-electron chi connectivity index (χ2n) is 11.3. The molecule has 2 heterocycles. The van der Waals surface area contributed by atoms with E-state index in [1.165, 1.54) is 28.6 Å². The van der Waals surface area contributed by atoms with Crippen LogP contribution in [-0.2, 0) is 21.2 Å². The fraction of sp³-hybridized carbons (Fsp3) is 0.517. The fourth-order valence-electron chi connectivity index (χ4n) is 6.20. The lowest BCUT2D eigenvalue weighted by Crippen LogP contribution is -2.47. The van der Waals surface area contributed by atoms with E-state index in [1.807, 2.05) is 7.05 Å². The van der Waals surface area contributed by atoms with E-state index in [0.717, 1.165) is 18.4 Å². The maximum absolute atomic E-state index is 13.9. The summed E-state index contributed by atoms with van der Waals surface area (Å²) in [5, 5.41) is 2.87. The smallest absolute Gasteiger partial charge is 0.251 e. The molecule has 41 heavy (non-hydrogen) atoms. The lowest BCUT2D eigenvalue weighted by molar-refractivity contribution is -0.132. The van der Waals surface area contributed by atoms with Gasteiger partial charge in [-0.1, -0.05) is 6.07 Å². The number of nitrogens with two attached hydrogens (primary N) is 1. The molecule has 222 valence electrons. The quantitative estimate of drug-likeness (QED) is 0.487. The third-order valence-corrected chi connectivity index (χ3v) is 10.5. The van der Waals surface area contributed by atoms with Crippen LogP contribution >= 0.6 is 0 Å². The number of likely N-dealkylation sites (tertiary alicyclic amines) is 1. The number of benzene rings is 2. The Balaban J connectivity index is 1.18. The Morgan fingerprint density at radius 3 is 2.54 bits per heavy atom. The molecule has 2 saturated heterocycles. The summed E-state index contributed by atoms with van der Waals surface area (Å²) in [5.74, 6) is -2.55. The molecule has 0 saturated carbocycles. The summed E-state index contributed by atoms with van der Waals surface area (Å²) < 4.78 is 55.2. The van der Waals surface area contributed by atoms with Crippen molar-refractivity contribution in [3.05, 3.63) is 64.7 Å². The van der Waals surface area contributed by atoms with Gasteiger partial charge in [0.05, 0.1) is 4.90 Å². The maximum Gasteiger partial charge on any atom is 0.251 e. The highest BCUT2D eigenvalue weighted by Gasteiger charge is 2.34. The van der Waals surface area contributed by atoms with Gasteiger partial charge in [-0.15, -0.1) is 0 Å². The van der Waals surface area contributed by atoms with Crippen LogP contribution in [0.4, 0.5) is 8.78 Å². The molecule has 2 amide bonds. The molecule has 3 N–H and O–H groups in total. The molecule has 12 heteroatoms. The second-order valence-corrected chi connectivity index (χ2v) is 13.2. The van der Waals surface area contributed by atoms with Gasteiger partial charge in [0.15, 0.2) is 11.6 Å². The zero-order chi connectivity index (χ0) is 29.3. The zero-order valence-electron chi connectivity index (χ0n) is 23.2. The van der Waals surface area contributed by atoms with Gasteiger partial charge in [0.1, 0.15) is 0 Å². The number of hydrogen-bond donors (Lipinski definition) is 2. The molecule has 2 aromatic rings. The van der Waals surface area contributed by atoms with E-state index >= 15 is 0 Å². The molecule has 2 aromatic carbocycles. The number of sulfonamides is 1. The summed E-state index contributed by atoms with van der Waals surface area (Å²) in [6.07, 6.45) is 2.80. The number of carbonyl (C=O) groups excluding carboxylic acids is 2. The van der Waals surface area contributed by atoms with Gasteiger partial charge in [0.25, 0.3) is 5.91 Å². The molecule has 5 rings (SSSR count). The van der Waals surface area contributed by atoms with Crippen LogP contribution in [0.3, 0.4) is 0 Å². The number of carbonyl (C=O) groups is 2. The predicted molar refractivity (Wildman–Crippen MR) is 150 cm³/mol. The van der Waals surface area contributed by atoms with Gasteiger partial charge in [0.2, 0.25) is 15.9 Å². The molecular formula is C29H37F2N5O4S. The Hall–Kier alpha value is -2.93. The number of amides is 2. The number of hydrogen-bond acceptors (Lipinski definition) is 6. The number of likely N-dealkylation sites (N-methyl/N-ethyl adjacent to an activating group) is 1. The lowest BCUT2D eigenvalue weighted by Gasteiger charge is -2.31. The Bertz CT molecular complexity index is 1410. The average Bonchev–Trinajstić information content (AvgIpc) is 3.59. The predicted octanol–water partition coefficient (Wildman–Crippen LogP) is 2.07. The molecule has 0 spiro atoms. The van der Waals surface area contributed by atoms with Gasteiger partial charge in [-0.2, -0.15) is 4.31 Å². The minimum Gasteiger partial charge on any atom is -0.350 e. The van der Waals surface area contributed by atoms with Crippen LogP contribution < -0.4 is 11.1 Å². The van der Waals surface area contributed by atoms with E-state index in [0.29, 0.717) is 51.1 Å². The largest absolute Gasteiger partial charge is 0.350 e. The normalized spacial score (nSPS) is 22.5. The lowest BCUT2D eigenvalue weighted by atomic mass is 9.91. The molecule has 1 aliphatic carbocycles. The van der Waals surface area contributed by atoms with Gasteiger partial charge in [-0.3, -0.25) is 9.59 Å². The first-order valence-electron chi connectivity index (χ1n) is 14.1. The summed E-state index contributed by atoms with van der Waals surface area (Å²) in [6, 6.07) is 7.71. The number of halogens is 2. The summed E-state index contributed by atoms with van der Waals surface area (Å²) in [7, 11) is -1.76. The molecule has 9 nitrogen and oxygen atoms in total. The van der Waals surface area contributed by atoms with Crippen molar-refractivity contribution in [1.82, 2.24) is 19.4 Å². The van der Waals surface area contributed by atoms with E-state index in [9.17, 15) is 26.8 Å². The van der Waals surface area contributed by atoms with E-state index in [-0.39, 0.29) is 41.3 Å². The van der Waals surface area contributed by atoms with Crippen molar-refractivity contribution in [2.24, 2.45) is 5.73 Å². The van der Waals surface area contributed by atoms with Gasteiger partial charge in [0, 0.05) is 69.3 Å². The summed E-state index contributed by atoms with van der Waals surface area (Å²) in [6.45, 7) is 2.86. The number of rotatable bonds is 8. The average molecular weight is 590 g/mol. The minimum atomic E-state index is -3.71. The summed E-state index contributed by atoms with van der Waals surface area (Å²) in [4.78, 5) is 30.1. The standard InChI is InChI=1S/C29H37F2N5O4S/c1-34-10-12-35(13-11-34)41(39,40)22-6-2-4-20(14-22)29(38)33-18-21-5-3-9-36(21)28(37)17-27(32)23-8-7-19-15-25(30)26(31)16-24(19)23/h2,4,6,14-16,21,23,27H,3,5,7-13,17-18,32H2,1H3,(H,33,38)/t21-,23-,27-/m0/s1. The van der Waals surface area contributed by atoms with E-state index < -0.39 is 33.6 Å². The van der Waals surface area contributed by atoms with Crippen LogP contribution in [0.15, 0.2) is 41.3 Å². The number of nitrogens with zero attached hydrogens (tertiary/aromatic N) is 3. The third-order valence-electron chi connectivity index (χ3n) is 8.63. The second kappa shape index (κ2) is 12.1. The third kappa shape index (κ3) is 6.30. The molecule has 3 aliphatic rings. The van der Waals surface area contributed by atoms with E-state index in [2.05, 4.69) is 10.2 Å². The van der Waals surface area contributed by atoms with Crippen molar-refractivity contribution >= 4 is 21.8 Å². The molecular weight excluding hydrogens is 552 g/mol. The first-order chi connectivity index (χ1) is 19.5. The van der Waals surface area contributed by atoms with E-state index in [1.54, 1.807) is 17.0 Å². The molecule has 0 bridgehead atoms. The van der Waals surface area contributed by atoms with Crippen molar-refractivity contribution in [2.45, 2.75) is 55.0 Å². The number of nitrogens with one attached hydrogen (secondary N) is 1. The van der Waals surface area contributed by atoms with Gasteiger partial charge < -0.3 is 20.9 Å². The first kappa shape index (κ1) is 29.6. The first-order valence-corrected chi connectivity index (χ1v) is 15.6. The highest BCUT2D eigenvalue weighted by Crippen LogP contribution is 2.37. The number of fused-ring (bicyclic) bond motifs is 1. The van der Waals surface area contributed by atoms with E-state index in [4.69, 9.17) is 5.73 Å². The molecule has 2 fully saturated rings. The highest BCUT2D eigenvalue weighted by molar-refractivity contribution is 7.89. The van der Waals surface area contributed by atoms with Crippen molar-refractivity contribution in [3.8, 4) is 0 Å². The zero-order valence-corrected chi connectivity index (χ0v) is 24.0. The highest BCUT2D eigenvalue weighted by atomic mass is 32.2. The van der Waals surface area contributed by atoms with Crippen LogP contribution in [0.2, 0.25) is 0 Å². The topological polar surface area (TPSA) is 116 Å². The van der Waals surface area contributed by atoms with Gasteiger partial charge in [-0.05, 0) is 74.2 Å². The van der Waals surface area contributed by atoms with Crippen molar-refractivity contribution in [2.75, 3.05) is 46.3 Å². The Morgan fingerprint density at radius 2 is 1.78 bits per heavy atom. The van der Waals surface area contributed by atoms with Gasteiger partial charge >= 0.3 is 0 Å².